The topological polar surface area (TPSA) is 12.0 Å². The highest BCUT2D eigenvalue weighted by molar-refractivity contribution is 9.10. The largest absolute Gasteiger partial charge is 0.382 e. The maximum absolute atomic E-state index is 3.64. The van der Waals surface area contributed by atoms with Crippen molar-refractivity contribution in [1.29, 1.82) is 0 Å². The molecule has 0 radical (unpaired) electrons. The summed E-state index contributed by atoms with van der Waals surface area (Å²) in [5.74, 6) is 2.04. The normalized spacial score (nSPS) is 33.9. The molecule has 14 heavy (non-hydrogen) atoms. The van der Waals surface area contributed by atoms with Crippen molar-refractivity contribution in [2.24, 2.45) is 11.8 Å². The number of halogens is 1. The molecule has 74 valence electrons. The molecule has 1 aromatic carbocycles. The molecule has 2 aliphatic carbocycles. The summed E-state index contributed by atoms with van der Waals surface area (Å²) in [6.07, 6.45) is 4.27. The monoisotopic (exact) mass is 251 g/mol. The quantitative estimate of drug-likeness (QED) is 0.846. The van der Waals surface area contributed by atoms with Crippen LogP contribution in [0.5, 0.6) is 0 Å². The summed E-state index contributed by atoms with van der Waals surface area (Å²) in [5.41, 5.74) is 1.26. The number of hydrogen-bond donors (Lipinski definition) is 1. The van der Waals surface area contributed by atoms with Crippen LogP contribution in [0.4, 0.5) is 5.69 Å². The van der Waals surface area contributed by atoms with E-state index in [9.17, 15) is 0 Å². The molecule has 1 aromatic rings. The van der Waals surface area contributed by atoms with Crippen molar-refractivity contribution >= 4 is 21.6 Å². The number of benzene rings is 1. The second kappa shape index (κ2) is 3.27. The minimum Gasteiger partial charge on any atom is -0.382 e. The molecule has 2 saturated carbocycles. The predicted molar refractivity (Wildman–Crippen MR) is 62.4 cm³/mol. The number of fused-ring (bicyclic) bond motifs is 1. The molecule has 0 bridgehead atoms. The van der Waals surface area contributed by atoms with Gasteiger partial charge < -0.3 is 5.32 Å². The first kappa shape index (κ1) is 8.78. The number of hydrogen-bond acceptors (Lipinski definition) is 1. The Labute approximate surface area is 93.0 Å². The third-order valence-corrected chi connectivity index (χ3v) is 4.01. The zero-order valence-electron chi connectivity index (χ0n) is 8.04. The molecule has 3 unspecified atom stereocenters. The lowest BCUT2D eigenvalue weighted by Gasteiger charge is -2.15. The van der Waals surface area contributed by atoms with E-state index in [2.05, 4.69) is 45.5 Å². The van der Waals surface area contributed by atoms with Crippen LogP contribution in [0.25, 0.3) is 0 Å². The molecule has 3 atom stereocenters. The Kier molecular flexibility index (Phi) is 2.05. The van der Waals surface area contributed by atoms with Gasteiger partial charge in [-0.2, -0.15) is 0 Å². The third-order valence-electron chi connectivity index (χ3n) is 3.52. The molecule has 0 aromatic heterocycles. The molecule has 0 spiro atoms. The Bertz CT molecular complexity index is 350. The summed E-state index contributed by atoms with van der Waals surface area (Å²) >= 11 is 3.50. The van der Waals surface area contributed by atoms with E-state index in [0.29, 0.717) is 0 Å². The standard InChI is InChI=1S/C12H14BrN/c13-9-2-1-3-10(7-9)14-12-5-4-8-6-11(8)12/h1-3,7-8,11-12,14H,4-6H2. The van der Waals surface area contributed by atoms with Crippen molar-refractivity contribution < 1.29 is 0 Å². The second-order valence-electron chi connectivity index (χ2n) is 4.50. The van der Waals surface area contributed by atoms with E-state index in [-0.39, 0.29) is 0 Å². The van der Waals surface area contributed by atoms with E-state index in [4.69, 9.17) is 0 Å². The molecular formula is C12H14BrN. The predicted octanol–water partition coefficient (Wildman–Crippen LogP) is 3.66. The van der Waals surface area contributed by atoms with Gasteiger partial charge in [-0.05, 0) is 49.3 Å². The Balaban J connectivity index is 1.71. The fourth-order valence-corrected chi connectivity index (χ4v) is 3.07. The van der Waals surface area contributed by atoms with Crippen molar-refractivity contribution in [1.82, 2.24) is 0 Å². The molecule has 3 rings (SSSR count). The fraction of sp³-hybridized carbons (Fsp3) is 0.500. The van der Waals surface area contributed by atoms with Gasteiger partial charge in [0.05, 0.1) is 0 Å². The Hall–Kier alpha value is -0.500. The van der Waals surface area contributed by atoms with Gasteiger partial charge >= 0.3 is 0 Å². The summed E-state index contributed by atoms with van der Waals surface area (Å²) in [4.78, 5) is 0. The van der Waals surface area contributed by atoms with Crippen molar-refractivity contribution in [3.8, 4) is 0 Å². The highest BCUT2D eigenvalue weighted by atomic mass is 79.9. The summed E-state index contributed by atoms with van der Waals surface area (Å²) in [5, 5.41) is 3.64. The van der Waals surface area contributed by atoms with Crippen LogP contribution >= 0.6 is 15.9 Å². The van der Waals surface area contributed by atoms with E-state index in [0.717, 1.165) is 22.4 Å². The van der Waals surface area contributed by atoms with Gasteiger partial charge in [-0.3, -0.25) is 0 Å². The van der Waals surface area contributed by atoms with Gasteiger partial charge in [-0.1, -0.05) is 22.0 Å². The van der Waals surface area contributed by atoms with E-state index in [1.54, 1.807) is 0 Å². The van der Waals surface area contributed by atoms with Crippen LogP contribution in [0.3, 0.4) is 0 Å². The number of rotatable bonds is 2. The van der Waals surface area contributed by atoms with Gasteiger partial charge in [0.25, 0.3) is 0 Å². The van der Waals surface area contributed by atoms with Crippen LogP contribution in [0.15, 0.2) is 28.7 Å². The molecular weight excluding hydrogens is 238 g/mol. The maximum atomic E-state index is 3.64. The molecule has 0 heterocycles. The van der Waals surface area contributed by atoms with Crippen molar-refractivity contribution in [2.75, 3.05) is 5.32 Å². The molecule has 0 amide bonds. The summed E-state index contributed by atoms with van der Waals surface area (Å²) in [6, 6.07) is 9.22. The van der Waals surface area contributed by atoms with Gasteiger partial charge in [-0.15, -0.1) is 0 Å². The smallest absolute Gasteiger partial charge is 0.0353 e. The van der Waals surface area contributed by atoms with Crippen LogP contribution in [0, 0.1) is 11.8 Å². The average molecular weight is 252 g/mol. The highest BCUT2D eigenvalue weighted by Crippen LogP contribution is 2.52. The highest BCUT2D eigenvalue weighted by Gasteiger charge is 2.47. The van der Waals surface area contributed by atoms with Crippen LogP contribution in [0.1, 0.15) is 19.3 Å². The van der Waals surface area contributed by atoms with Gasteiger partial charge in [0.1, 0.15) is 0 Å². The first-order valence-corrected chi connectivity index (χ1v) is 6.14. The molecule has 2 aliphatic rings. The first-order valence-electron chi connectivity index (χ1n) is 5.35. The zero-order chi connectivity index (χ0) is 9.54. The van der Waals surface area contributed by atoms with Crippen molar-refractivity contribution in [3.63, 3.8) is 0 Å². The zero-order valence-corrected chi connectivity index (χ0v) is 9.63. The molecule has 2 fully saturated rings. The Morgan fingerprint density at radius 3 is 2.86 bits per heavy atom. The van der Waals surface area contributed by atoms with E-state index in [1.807, 2.05) is 0 Å². The van der Waals surface area contributed by atoms with Crippen LogP contribution in [0.2, 0.25) is 0 Å². The molecule has 1 N–H and O–H groups in total. The Morgan fingerprint density at radius 2 is 2.21 bits per heavy atom. The second-order valence-corrected chi connectivity index (χ2v) is 5.41. The number of nitrogens with one attached hydrogen (secondary N) is 1. The minimum absolute atomic E-state index is 0.745. The molecule has 0 saturated heterocycles. The SMILES string of the molecule is Brc1cccc(NC2CCC3CC32)c1. The lowest BCUT2D eigenvalue weighted by molar-refractivity contribution is 0.654. The molecule has 1 nitrogen and oxygen atoms in total. The minimum atomic E-state index is 0.745. The maximum Gasteiger partial charge on any atom is 0.0353 e. The van der Waals surface area contributed by atoms with Gasteiger partial charge in [-0.25, -0.2) is 0 Å². The average Bonchev–Trinajstić information content (AvgIpc) is 2.84. The lowest BCUT2D eigenvalue weighted by atomic mass is 10.1. The molecule has 2 heteroatoms. The van der Waals surface area contributed by atoms with E-state index in [1.165, 1.54) is 24.9 Å². The fourth-order valence-electron chi connectivity index (χ4n) is 2.68. The third kappa shape index (κ3) is 1.56. The summed E-state index contributed by atoms with van der Waals surface area (Å²) in [6.45, 7) is 0. The lowest BCUT2D eigenvalue weighted by Crippen LogP contribution is -2.18. The van der Waals surface area contributed by atoms with Crippen LogP contribution < -0.4 is 5.32 Å². The Morgan fingerprint density at radius 1 is 1.29 bits per heavy atom. The first-order chi connectivity index (χ1) is 6.83. The number of anilines is 1. The molecule has 0 aliphatic heterocycles. The van der Waals surface area contributed by atoms with E-state index < -0.39 is 0 Å². The van der Waals surface area contributed by atoms with E-state index >= 15 is 0 Å². The van der Waals surface area contributed by atoms with Gasteiger partial charge in [0, 0.05) is 16.2 Å². The summed E-state index contributed by atoms with van der Waals surface area (Å²) in [7, 11) is 0. The van der Waals surface area contributed by atoms with Crippen molar-refractivity contribution in [3.05, 3.63) is 28.7 Å². The van der Waals surface area contributed by atoms with Crippen molar-refractivity contribution in [2.45, 2.75) is 25.3 Å². The van der Waals surface area contributed by atoms with Crippen LogP contribution in [-0.4, -0.2) is 6.04 Å². The summed E-state index contributed by atoms with van der Waals surface area (Å²) < 4.78 is 1.16. The van der Waals surface area contributed by atoms with Gasteiger partial charge in [0.15, 0.2) is 0 Å². The van der Waals surface area contributed by atoms with Crippen LogP contribution in [-0.2, 0) is 0 Å². The van der Waals surface area contributed by atoms with Gasteiger partial charge in [0.2, 0.25) is 0 Å².